The quantitative estimate of drug-likeness (QED) is 0.860. The summed E-state index contributed by atoms with van der Waals surface area (Å²) >= 11 is 3.58. The second-order valence-electron chi connectivity index (χ2n) is 6.23. The number of hydrogen-bond donors (Lipinski definition) is 1. The van der Waals surface area contributed by atoms with Crippen LogP contribution in [0.4, 0.5) is 10.7 Å². The summed E-state index contributed by atoms with van der Waals surface area (Å²) < 4.78 is 0.341. The highest BCUT2D eigenvalue weighted by Gasteiger charge is 2.26. The fourth-order valence-electron chi connectivity index (χ4n) is 2.24. The summed E-state index contributed by atoms with van der Waals surface area (Å²) in [7, 11) is 0. The second-order valence-corrected chi connectivity index (χ2v) is 9.07. The standard InChI is InChI=1S/C15H24N2OS2/c1-10(2)13(18)14-11(16)9-12(20-14)17-6-5-15(3,4)19-8-7-17/h9-10H,5-8,16H2,1-4H3. The van der Waals surface area contributed by atoms with Crippen molar-refractivity contribution >= 4 is 39.6 Å². The molecular weight excluding hydrogens is 288 g/mol. The second kappa shape index (κ2) is 5.98. The van der Waals surface area contributed by atoms with E-state index in [9.17, 15) is 4.79 Å². The summed E-state index contributed by atoms with van der Waals surface area (Å²) in [5.74, 6) is 1.28. The average Bonchev–Trinajstić information content (AvgIpc) is 2.64. The molecule has 112 valence electrons. The minimum absolute atomic E-state index is 0.00224. The minimum Gasteiger partial charge on any atom is -0.397 e. The van der Waals surface area contributed by atoms with E-state index in [0.717, 1.165) is 35.1 Å². The molecule has 1 fully saturated rings. The molecule has 1 aliphatic rings. The summed E-state index contributed by atoms with van der Waals surface area (Å²) in [6, 6.07) is 1.98. The van der Waals surface area contributed by atoms with Gasteiger partial charge in [-0.1, -0.05) is 27.7 Å². The lowest BCUT2D eigenvalue weighted by atomic mass is 10.1. The lowest BCUT2D eigenvalue weighted by molar-refractivity contribution is 0.0944. The number of carbonyl (C=O) groups excluding carboxylic acids is 1. The largest absolute Gasteiger partial charge is 0.397 e. The third kappa shape index (κ3) is 3.50. The van der Waals surface area contributed by atoms with E-state index in [1.54, 1.807) is 11.3 Å². The van der Waals surface area contributed by atoms with Gasteiger partial charge in [0.15, 0.2) is 5.78 Å². The molecule has 3 nitrogen and oxygen atoms in total. The highest BCUT2D eigenvalue weighted by molar-refractivity contribution is 8.00. The Kier molecular flexibility index (Phi) is 4.69. The van der Waals surface area contributed by atoms with Crippen LogP contribution < -0.4 is 10.6 Å². The fourth-order valence-corrected chi connectivity index (χ4v) is 4.56. The monoisotopic (exact) mass is 312 g/mol. The first kappa shape index (κ1) is 15.7. The molecule has 2 rings (SSSR count). The van der Waals surface area contributed by atoms with Gasteiger partial charge in [-0.2, -0.15) is 11.8 Å². The van der Waals surface area contributed by atoms with Crippen molar-refractivity contribution in [2.45, 2.75) is 38.9 Å². The maximum atomic E-state index is 12.1. The molecule has 1 aromatic heterocycles. The van der Waals surface area contributed by atoms with Crippen LogP contribution in [0.25, 0.3) is 0 Å². The van der Waals surface area contributed by atoms with Crippen molar-refractivity contribution in [2.24, 2.45) is 5.92 Å². The molecule has 1 aliphatic heterocycles. The van der Waals surface area contributed by atoms with Crippen LogP contribution in [0.15, 0.2) is 6.07 Å². The van der Waals surface area contributed by atoms with Crippen molar-refractivity contribution in [3.8, 4) is 0 Å². The molecule has 0 atom stereocenters. The Balaban J connectivity index is 2.18. The van der Waals surface area contributed by atoms with Gasteiger partial charge in [0.05, 0.1) is 15.6 Å². The molecule has 0 radical (unpaired) electrons. The Labute approximate surface area is 129 Å². The number of thioether (sulfide) groups is 1. The van der Waals surface area contributed by atoms with Gasteiger partial charge in [-0.15, -0.1) is 11.3 Å². The van der Waals surface area contributed by atoms with E-state index in [1.807, 2.05) is 31.7 Å². The van der Waals surface area contributed by atoms with Crippen LogP contribution in [0.1, 0.15) is 43.8 Å². The number of anilines is 2. The van der Waals surface area contributed by atoms with E-state index in [-0.39, 0.29) is 11.7 Å². The van der Waals surface area contributed by atoms with Crippen LogP contribution in [-0.4, -0.2) is 29.4 Å². The van der Waals surface area contributed by atoms with Crippen LogP contribution in [0.5, 0.6) is 0 Å². The van der Waals surface area contributed by atoms with E-state index in [0.29, 0.717) is 10.4 Å². The molecule has 2 N–H and O–H groups in total. The summed E-state index contributed by atoms with van der Waals surface area (Å²) in [6.45, 7) is 10.5. The minimum atomic E-state index is 0.00224. The third-order valence-corrected chi connectivity index (χ3v) is 6.24. The predicted octanol–water partition coefficient (Wildman–Crippen LogP) is 3.89. The van der Waals surface area contributed by atoms with Crippen molar-refractivity contribution in [1.82, 2.24) is 0 Å². The van der Waals surface area contributed by atoms with E-state index in [1.165, 1.54) is 0 Å². The van der Waals surface area contributed by atoms with Crippen LogP contribution in [0.2, 0.25) is 0 Å². The lowest BCUT2D eigenvalue weighted by Gasteiger charge is -2.22. The molecule has 0 spiro atoms. The zero-order valence-corrected chi connectivity index (χ0v) is 14.4. The molecule has 0 aromatic carbocycles. The van der Waals surface area contributed by atoms with Gasteiger partial charge in [0, 0.05) is 29.5 Å². The average molecular weight is 313 g/mol. The third-order valence-electron chi connectivity index (χ3n) is 3.65. The lowest BCUT2D eigenvalue weighted by Crippen LogP contribution is -2.26. The summed E-state index contributed by atoms with van der Waals surface area (Å²) in [5.41, 5.74) is 6.68. The van der Waals surface area contributed by atoms with E-state index >= 15 is 0 Å². The van der Waals surface area contributed by atoms with Crippen LogP contribution in [0, 0.1) is 5.92 Å². The van der Waals surface area contributed by atoms with E-state index in [2.05, 4.69) is 18.7 Å². The molecule has 20 heavy (non-hydrogen) atoms. The molecule has 0 amide bonds. The Morgan fingerprint density at radius 1 is 1.40 bits per heavy atom. The smallest absolute Gasteiger partial charge is 0.177 e. The molecule has 1 aromatic rings. The van der Waals surface area contributed by atoms with Gasteiger partial charge in [-0.3, -0.25) is 4.79 Å². The van der Waals surface area contributed by atoms with Crippen molar-refractivity contribution < 1.29 is 4.79 Å². The van der Waals surface area contributed by atoms with Gasteiger partial charge >= 0.3 is 0 Å². The number of rotatable bonds is 3. The molecule has 2 heterocycles. The molecular formula is C15H24N2OS2. The fraction of sp³-hybridized carbons (Fsp3) is 0.667. The van der Waals surface area contributed by atoms with Gasteiger partial charge in [-0.05, 0) is 12.5 Å². The van der Waals surface area contributed by atoms with Crippen LogP contribution in [-0.2, 0) is 0 Å². The maximum Gasteiger partial charge on any atom is 0.177 e. The normalized spacial score (nSPS) is 19.1. The molecule has 5 heteroatoms. The number of nitrogen functional groups attached to an aromatic ring is 1. The van der Waals surface area contributed by atoms with Crippen molar-refractivity contribution in [3.05, 3.63) is 10.9 Å². The van der Waals surface area contributed by atoms with Gasteiger partial charge in [-0.25, -0.2) is 0 Å². The Bertz CT molecular complexity index is 494. The zero-order chi connectivity index (χ0) is 14.9. The zero-order valence-electron chi connectivity index (χ0n) is 12.7. The summed E-state index contributed by atoms with van der Waals surface area (Å²) in [6.07, 6.45) is 1.16. The number of nitrogens with two attached hydrogens (primary N) is 1. The van der Waals surface area contributed by atoms with Gasteiger partial charge in [0.25, 0.3) is 0 Å². The topological polar surface area (TPSA) is 46.3 Å². The van der Waals surface area contributed by atoms with E-state index < -0.39 is 0 Å². The molecule has 0 bridgehead atoms. The van der Waals surface area contributed by atoms with Crippen LogP contribution in [0.3, 0.4) is 0 Å². The Morgan fingerprint density at radius 2 is 2.10 bits per heavy atom. The number of nitrogens with zero attached hydrogens (tertiary/aromatic N) is 1. The summed E-state index contributed by atoms with van der Waals surface area (Å²) in [5, 5.41) is 1.14. The first-order valence-electron chi connectivity index (χ1n) is 7.12. The highest BCUT2D eigenvalue weighted by atomic mass is 32.2. The molecule has 0 unspecified atom stereocenters. The van der Waals surface area contributed by atoms with Gasteiger partial charge in [0.2, 0.25) is 0 Å². The van der Waals surface area contributed by atoms with Gasteiger partial charge < -0.3 is 10.6 Å². The first-order chi connectivity index (χ1) is 9.30. The molecule has 0 aliphatic carbocycles. The van der Waals surface area contributed by atoms with Gasteiger partial charge in [0.1, 0.15) is 0 Å². The summed E-state index contributed by atoms with van der Waals surface area (Å²) in [4.78, 5) is 15.2. The number of carbonyl (C=O) groups is 1. The number of thiophene rings is 1. The number of hydrogen-bond acceptors (Lipinski definition) is 5. The Morgan fingerprint density at radius 3 is 2.75 bits per heavy atom. The predicted molar refractivity (Wildman–Crippen MR) is 91.3 cm³/mol. The highest BCUT2D eigenvalue weighted by Crippen LogP contribution is 2.37. The van der Waals surface area contributed by atoms with E-state index in [4.69, 9.17) is 5.73 Å². The first-order valence-corrected chi connectivity index (χ1v) is 8.93. The van der Waals surface area contributed by atoms with Crippen molar-refractivity contribution in [3.63, 3.8) is 0 Å². The Hall–Kier alpha value is -0.680. The number of ketones is 1. The SMILES string of the molecule is CC(C)C(=O)c1sc(N2CCSC(C)(C)CC2)cc1N. The maximum absolute atomic E-state index is 12.1. The molecule has 0 saturated carbocycles. The van der Waals surface area contributed by atoms with Crippen molar-refractivity contribution in [1.29, 1.82) is 0 Å². The number of Topliss-reactive ketones (excluding diaryl/α,β-unsaturated/α-hetero) is 1. The van der Waals surface area contributed by atoms with Crippen molar-refractivity contribution in [2.75, 3.05) is 29.5 Å². The molecule has 1 saturated heterocycles. The van der Waals surface area contributed by atoms with Crippen LogP contribution >= 0.6 is 23.1 Å².